The van der Waals surface area contributed by atoms with E-state index in [1.54, 1.807) is 35.2 Å². The number of nitrogens with zero attached hydrogens (tertiary/aromatic N) is 4. The summed E-state index contributed by atoms with van der Waals surface area (Å²) >= 11 is 5.99. The van der Waals surface area contributed by atoms with Crippen molar-refractivity contribution in [3.05, 3.63) is 65.6 Å². The summed E-state index contributed by atoms with van der Waals surface area (Å²) in [7, 11) is -3.63. The first-order valence-corrected chi connectivity index (χ1v) is 10.7. The first kappa shape index (κ1) is 19.6. The van der Waals surface area contributed by atoms with Crippen LogP contribution in [0.4, 0.5) is 0 Å². The van der Waals surface area contributed by atoms with Gasteiger partial charge in [-0.05, 0) is 24.3 Å². The smallest absolute Gasteiger partial charge is 0.276 e. The summed E-state index contributed by atoms with van der Waals surface area (Å²) in [6.45, 7) is 0.916. The maximum absolute atomic E-state index is 12.7. The lowest BCUT2D eigenvalue weighted by Crippen LogP contribution is -2.50. The third kappa shape index (κ3) is 4.02. The van der Waals surface area contributed by atoms with E-state index in [-0.39, 0.29) is 42.7 Å². The summed E-state index contributed by atoms with van der Waals surface area (Å²) in [6.07, 6.45) is 2.84. The molecule has 1 aliphatic rings. The summed E-state index contributed by atoms with van der Waals surface area (Å²) in [5.74, 6) is 0.133. The van der Waals surface area contributed by atoms with Crippen molar-refractivity contribution in [3.63, 3.8) is 0 Å². The Morgan fingerprint density at radius 2 is 1.86 bits per heavy atom. The van der Waals surface area contributed by atoms with Gasteiger partial charge in [0.05, 0.1) is 0 Å². The number of rotatable bonds is 4. The van der Waals surface area contributed by atoms with E-state index in [1.807, 2.05) is 6.07 Å². The van der Waals surface area contributed by atoms with Gasteiger partial charge >= 0.3 is 0 Å². The molecule has 10 heteroatoms. The van der Waals surface area contributed by atoms with Crippen molar-refractivity contribution in [1.82, 2.24) is 19.3 Å². The van der Waals surface area contributed by atoms with Gasteiger partial charge in [0.2, 0.25) is 10.0 Å². The van der Waals surface area contributed by atoms with Crippen LogP contribution in [0.5, 0.6) is 0 Å². The minimum absolute atomic E-state index is 0.141. The highest BCUT2D eigenvalue weighted by Crippen LogP contribution is 2.24. The quantitative estimate of drug-likeness (QED) is 0.628. The molecule has 1 saturated heterocycles. The van der Waals surface area contributed by atoms with Gasteiger partial charge in [0.1, 0.15) is 4.90 Å². The fraction of sp³-hybridized carbons (Fsp3) is 0.211. The van der Waals surface area contributed by atoms with Crippen molar-refractivity contribution in [1.29, 1.82) is 0 Å². The highest BCUT2D eigenvalue weighted by molar-refractivity contribution is 7.89. The monoisotopic (exact) mass is 432 g/mol. The zero-order chi connectivity index (χ0) is 20.4. The first-order valence-electron chi connectivity index (χ1n) is 8.87. The second-order valence-corrected chi connectivity index (χ2v) is 8.85. The van der Waals surface area contributed by atoms with Gasteiger partial charge in [-0.15, -0.1) is 0 Å². The number of carbonyl (C=O) groups is 1. The molecule has 0 unspecified atom stereocenters. The molecule has 3 heterocycles. The Balaban J connectivity index is 1.43. The Morgan fingerprint density at radius 3 is 2.55 bits per heavy atom. The average molecular weight is 433 g/mol. The number of carbonyl (C=O) groups excluding carboxylic acids is 1. The molecule has 3 aromatic rings. The van der Waals surface area contributed by atoms with Crippen LogP contribution in [0.1, 0.15) is 10.5 Å². The molecule has 0 spiro atoms. The van der Waals surface area contributed by atoms with E-state index in [9.17, 15) is 13.2 Å². The van der Waals surface area contributed by atoms with Crippen molar-refractivity contribution in [2.75, 3.05) is 26.2 Å². The van der Waals surface area contributed by atoms with Gasteiger partial charge in [0.15, 0.2) is 11.5 Å². The molecule has 0 atom stereocenters. The Hall–Kier alpha value is -2.75. The van der Waals surface area contributed by atoms with Crippen LogP contribution in [0.25, 0.3) is 11.3 Å². The molecule has 0 radical (unpaired) electrons. The predicted octanol–water partition coefficient (Wildman–Crippen LogP) is 2.54. The van der Waals surface area contributed by atoms with Gasteiger partial charge in [-0.25, -0.2) is 8.42 Å². The molecule has 8 nitrogen and oxygen atoms in total. The van der Waals surface area contributed by atoms with Crippen molar-refractivity contribution in [2.45, 2.75) is 4.90 Å². The van der Waals surface area contributed by atoms with Crippen LogP contribution in [0.3, 0.4) is 0 Å². The fourth-order valence-electron chi connectivity index (χ4n) is 3.10. The van der Waals surface area contributed by atoms with Gasteiger partial charge in [-0.2, -0.15) is 4.31 Å². The van der Waals surface area contributed by atoms with Crippen LogP contribution < -0.4 is 0 Å². The third-order valence-corrected chi connectivity index (χ3v) is 6.75. The molecule has 1 fully saturated rings. The lowest BCUT2D eigenvalue weighted by atomic mass is 10.1. The Kier molecular flexibility index (Phi) is 5.35. The summed E-state index contributed by atoms with van der Waals surface area (Å²) < 4.78 is 32.0. The van der Waals surface area contributed by atoms with Gasteiger partial charge in [-0.1, -0.05) is 28.9 Å². The van der Waals surface area contributed by atoms with Crippen LogP contribution in [-0.4, -0.2) is 59.8 Å². The number of hydrogen-bond donors (Lipinski definition) is 0. The lowest BCUT2D eigenvalue weighted by molar-refractivity contribution is 0.0687. The molecular formula is C19H17ClN4O4S. The molecule has 4 rings (SSSR count). The van der Waals surface area contributed by atoms with Crippen molar-refractivity contribution in [2.24, 2.45) is 0 Å². The van der Waals surface area contributed by atoms with Crippen LogP contribution >= 0.6 is 11.6 Å². The molecule has 29 heavy (non-hydrogen) atoms. The number of hydrogen-bond acceptors (Lipinski definition) is 6. The molecule has 0 bridgehead atoms. The molecular weight excluding hydrogens is 416 g/mol. The van der Waals surface area contributed by atoms with Crippen molar-refractivity contribution < 1.29 is 17.7 Å². The highest BCUT2D eigenvalue weighted by atomic mass is 35.5. The number of piperazine rings is 1. The van der Waals surface area contributed by atoms with Crippen LogP contribution in [0.15, 0.2) is 64.3 Å². The molecule has 0 aliphatic carbocycles. The zero-order valence-electron chi connectivity index (χ0n) is 15.2. The Bertz CT molecular complexity index is 1130. The number of aromatic nitrogens is 2. The summed E-state index contributed by atoms with van der Waals surface area (Å²) in [5.41, 5.74) is 0.889. The van der Waals surface area contributed by atoms with Gasteiger partial charge in [0, 0.05) is 55.2 Å². The average Bonchev–Trinajstić information content (AvgIpc) is 3.24. The Morgan fingerprint density at radius 1 is 1.07 bits per heavy atom. The van der Waals surface area contributed by atoms with E-state index in [0.29, 0.717) is 10.8 Å². The van der Waals surface area contributed by atoms with Gasteiger partial charge in [0.25, 0.3) is 5.91 Å². The van der Waals surface area contributed by atoms with Crippen LogP contribution in [0.2, 0.25) is 5.02 Å². The molecule has 0 saturated carbocycles. The van der Waals surface area contributed by atoms with E-state index in [0.717, 1.165) is 5.56 Å². The van der Waals surface area contributed by atoms with Crippen LogP contribution in [0, 0.1) is 0 Å². The minimum atomic E-state index is -3.63. The molecule has 1 aliphatic heterocycles. The Labute approximate surface area is 172 Å². The largest absolute Gasteiger partial charge is 0.355 e. The topological polar surface area (TPSA) is 96.6 Å². The normalized spacial score (nSPS) is 15.4. The minimum Gasteiger partial charge on any atom is -0.355 e. The second kappa shape index (κ2) is 7.94. The summed E-state index contributed by atoms with van der Waals surface area (Å²) in [5, 5.41) is 4.42. The lowest BCUT2D eigenvalue weighted by Gasteiger charge is -2.33. The first-order chi connectivity index (χ1) is 13.9. The summed E-state index contributed by atoms with van der Waals surface area (Å²) in [6, 6.07) is 11.7. The van der Waals surface area contributed by atoms with E-state index in [2.05, 4.69) is 10.1 Å². The fourth-order valence-corrected chi connectivity index (χ4v) is 4.67. The van der Waals surface area contributed by atoms with E-state index >= 15 is 0 Å². The molecule has 1 amide bonds. The van der Waals surface area contributed by atoms with E-state index in [4.69, 9.17) is 16.1 Å². The maximum Gasteiger partial charge on any atom is 0.276 e. The SMILES string of the molecule is O=C(c1cc(-c2cccc(Cl)c2)on1)N1CCN(S(=O)(=O)c2cccnc2)CC1. The number of pyridine rings is 1. The van der Waals surface area contributed by atoms with Crippen molar-refractivity contribution >= 4 is 27.5 Å². The summed E-state index contributed by atoms with van der Waals surface area (Å²) in [4.78, 5) is 18.3. The van der Waals surface area contributed by atoms with Gasteiger partial charge < -0.3 is 9.42 Å². The van der Waals surface area contributed by atoms with Gasteiger partial charge in [-0.3, -0.25) is 9.78 Å². The third-order valence-electron chi connectivity index (χ3n) is 4.64. The van der Waals surface area contributed by atoms with Crippen LogP contribution in [-0.2, 0) is 10.0 Å². The zero-order valence-corrected chi connectivity index (χ0v) is 16.8. The number of benzene rings is 1. The number of sulfonamides is 1. The predicted molar refractivity (Wildman–Crippen MR) is 106 cm³/mol. The number of halogens is 1. The molecule has 150 valence electrons. The van der Waals surface area contributed by atoms with E-state index in [1.165, 1.54) is 22.8 Å². The van der Waals surface area contributed by atoms with E-state index < -0.39 is 10.0 Å². The molecule has 2 aromatic heterocycles. The maximum atomic E-state index is 12.7. The molecule has 1 aromatic carbocycles. The second-order valence-electron chi connectivity index (χ2n) is 6.47. The molecule has 0 N–H and O–H groups in total. The van der Waals surface area contributed by atoms with Crippen molar-refractivity contribution in [3.8, 4) is 11.3 Å². The highest BCUT2D eigenvalue weighted by Gasteiger charge is 2.31. The number of amides is 1. The standard InChI is InChI=1S/C19H17ClN4O4S/c20-15-4-1-3-14(11-15)18-12-17(22-28-18)19(25)23-7-9-24(10-8-23)29(26,27)16-5-2-6-21-13-16/h1-6,11-13H,7-10H2.